The van der Waals surface area contributed by atoms with Gasteiger partial charge in [0.05, 0.1) is 6.04 Å². The summed E-state index contributed by atoms with van der Waals surface area (Å²) in [6.45, 7) is 5.50. The summed E-state index contributed by atoms with van der Waals surface area (Å²) in [5.41, 5.74) is 10.3. The van der Waals surface area contributed by atoms with Crippen molar-refractivity contribution in [2.24, 2.45) is 5.73 Å². The van der Waals surface area contributed by atoms with E-state index >= 15 is 0 Å². The molecule has 3 aromatic carbocycles. The van der Waals surface area contributed by atoms with Crippen molar-refractivity contribution in [1.29, 1.82) is 0 Å². The number of carbonyl (C=O) groups is 3. The number of ether oxygens (including phenoxy) is 2. The molecule has 8 heteroatoms. The smallest absolute Gasteiger partial charge is 0.410 e. The fourth-order valence-corrected chi connectivity index (χ4v) is 4.95. The minimum atomic E-state index is -0.699. The number of hydrogen-bond donors (Lipinski definition) is 2. The molecule has 0 saturated carbocycles. The second-order valence-corrected chi connectivity index (χ2v) is 10.9. The highest BCUT2D eigenvalue weighted by Crippen LogP contribution is 2.44. The number of primary amides is 1. The fourth-order valence-electron chi connectivity index (χ4n) is 4.95. The molecule has 0 aliphatic heterocycles. The first-order valence-corrected chi connectivity index (χ1v) is 13.5. The molecule has 0 heterocycles. The van der Waals surface area contributed by atoms with Crippen molar-refractivity contribution in [3.05, 3.63) is 95.6 Å². The fraction of sp³-hybridized carbons (Fsp3) is 0.344. The van der Waals surface area contributed by atoms with Crippen molar-refractivity contribution >= 4 is 18.0 Å². The minimum Gasteiger partial charge on any atom is -0.459 e. The van der Waals surface area contributed by atoms with Gasteiger partial charge in [0.15, 0.2) is 0 Å². The number of esters is 1. The van der Waals surface area contributed by atoms with Gasteiger partial charge < -0.3 is 20.5 Å². The first kappa shape index (κ1) is 28.8. The molecule has 0 spiro atoms. The van der Waals surface area contributed by atoms with E-state index in [-0.39, 0.29) is 32.2 Å². The Hall–Kier alpha value is -4.17. The van der Waals surface area contributed by atoms with Gasteiger partial charge in [0.1, 0.15) is 18.8 Å². The molecule has 4 rings (SSSR count). The lowest BCUT2D eigenvalue weighted by Gasteiger charge is -2.26. The molecule has 8 nitrogen and oxygen atoms in total. The number of carbonyl (C=O) groups excluding carboxylic acids is 3. The number of amides is 2. The molecule has 210 valence electrons. The predicted octanol–water partition coefficient (Wildman–Crippen LogP) is 4.27. The highest BCUT2D eigenvalue weighted by Gasteiger charge is 2.30. The van der Waals surface area contributed by atoms with Gasteiger partial charge in [-0.2, -0.15) is 0 Å². The SMILES string of the molecule is CC(C)(C)OC(=O)CN(CCN[C@@H](Cc1ccccc1)C(N)=O)C(=O)OCC1c2ccccc2-c2ccccc21. The van der Waals surface area contributed by atoms with E-state index in [1.54, 1.807) is 20.8 Å². The number of rotatable bonds is 11. The monoisotopic (exact) mass is 543 g/mol. The molecule has 0 unspecified atom stereocenters. The van der Waals surface area contributed by atoms with Crippen LogP contribution in [0.25, 0.3) is 11.1 Å². The summed E-state index contributed by atoms with van der Waals surface area (Å²) in [5.74, 6) is -1.15. The maximum Gasteiger partial charge on any atom is 0.410 e. The number of nitrogens with zero attached hydrogens (tertiary/aromatic N) is 1. The molecular formula is C32H37N3O5. The molecule has 0 fully saturated rings. The third-order valence-electron chi connectivity index (χ3n) is 6.73. The van der Waals surface area contributed by atoms with Crippen LogP contribution in [0.15, 0.2) is 78.9 Å². The average molecular weight is 544 g/mol. The Kier molecular flexibility index (Phi) is 9.22. The molecule has 40 heavy (non-hydrogen) atoms. The molecule has 0 bridgehead atoms. The second-order valence-electron chi connectivity index (χ2n) is 10.9. The van der Waals surface area contributed by atoms with Gasteiger partial charge in [-0.25, -0.2) is 4.79 Å². The van der Waals surface area contributed by atoms with Gasteiger partial charge in [-0.15, -0.1) is 0 Å². The van der Waals surface area contributed by atoms with Crippen molar-refractivity contribution in [3.8, 4) is 11.1 Å². The van der Waals surface area contributed by atoms with Gasteiger partial charge >= 0.3 is 12.1 Å². The zero-order valence-corrected chi connectivity index (χ0v) is 23.3. The normalized spacial score (nSPS) is 13.2. The van der Waals surface area contributed by atoms with E-state index in [1.165, 1.54) is 4.90 Å². The molecule has 1 aliphatic carbocycles. The minimum absolute atomic E-state index is 0.108. The van der Waals surface area contributed by atoms with Crippen molar-refractivity contribution in [2.75, 3.05) is 26.2 Å². The largest absolute Gasteiger partial charge is 0.459 e. The van der Waals surface area contributed by atoms with Crippen LogP contribution in [0, 0.1) is 0 Å². The van der Waals surface area contributed by atoms with E-state index in [1.807, 2.05) is 66.7 Å². The topological polar surface area (TPSA) is 111 Å². The van der Waals surface area contributed by atoms with E-state index in [0.717, 1.165) is 27.8 Å². The molecule has 3 N–H and O–H groups in total. The Balaban J connectivity index is 1.43. The van der Waals surface area contributed by atoms with Crippen molar-refractivity contribution in [2.45, 2.75) is 44.8 Å². The van der Waals surface area contributed by atoms with Gasteiger partial charge in [-0.1, -0.05) is 78.9 Å². The lowest BCUT2D eigenvalue weighted by Crippen LogP contribution is -2.48. The summed E-state index contributed by atoms with van der Waals surface area (Å²) in [5, 5.41) is 3.12. The highest BCUT2D eigenvalue weighted by atomic mass is 16.6. The Morgan fingerprint density at radius 1 is 0.900 bits per heavy atom. The zero-order valence-electron chi connectivity index (χ0n) is 23.3. The molecule has 1 atom stereocenters. The van der Waals surface area contributed by atoms with Crippen LogP contribution >= 0.6 is 0 Å². The van der Waals surface area contributed by atoms with Crippen LogP contribution in [0.4, 0.5) is 4.79 Å². The van der Waals surface area contributed by atoms with Crippen LogP contribution in [0.5, 0.6) is 0 Å². The van der Waals surface area contributed by atoms with Crippen LogP contribution in [0.2, 0.25) is 0 Å². The molecule has 2 amide bonds. The Labute approximate surface area is 235 Å². The number of nitrogens with two attached hydrogens (primary N) is 1. The lowest BCUT2D eigenvalue weighted by atomic mass is 9.98. The van der Waals surface area contributed by atoms with Crippen LogP contribution in [-0.2, 0) is 25.5 Å². The summed E-state index contributed by atoms with van der Waals surface area (Å²) in [6.07, 6.45) is -0.221. The number of fused-ring (bicyclic) bond motifs is 3. The second kappa shape index (κ2) is 12.8. The summed E-state index contributed by atoms with van der Waals surface area (Å²) in [4.78, 5) is 39.3. The maximum atomic E-state index is 13.3. The summed E-state index contributed by atoms with van der Waals surface area (Å²) in [6, 6.07) is 25.1. The maximum absolute atomic E-state index is 13.3. The van der Waals surface area contributed by atoms with E-state index in [4.69, 9.17) is 15.2 Å². The molecule has 1 aliphatic rings. The van der Waals surface area contributed by atoms with E-state index in [9.17, 15) is 14.4 Å². The van der Waals surface area contributed by atoms with Crippen molar-refractivity contribution in [3.63, 3.8) is 0 Å². The Bertz CT molecular complexity index is 1290. The standard InChI is InChI=1S/C32H37N3O5/c1-32(2,3)40-29(36)20-35(18-17-34-28(30(33)37)19-22-11-5-4-6-12-22)31(38)39-21-27-25-15-9-7-13-23(25)24-14-8-10-16-26(24)27/h4-16,27-28,34H,17-21H2,1-3H3,(H2,33,37)/t28-/m0/s1. The summed E-state index contributed by atoms with van der Waals surface area (Å²) >= 11 is 0. The van der Waals surface area contributed by atoms with E-state index in [2.05, 4.69) is 17.4 Å². The number of nitrogens with one attached hydrogen (secondary N) is 1. The molecule has 0 radical (unpaired) electrons. The number of hydrogen-bond acceptors (Lipinski definition) is 6. The predicted molar refractivity (Wildman–Crippen MR) is 154 cm³/mol. The quantitative estimate of drug-likeness (QED) is 0.350. The Morgan fingerprint density at radius 2 is 1.48 bits per heavy atom. The molecule has 0 aromatic heterocycles. The molecule has 3 aromatic rings. The van der Waals surface area contributed by atoms with Crippen molar-refractivity contribution < 1.29 is 23.9 Å². The van der Waals surface area contributed by atoms with E-state index in [0.29, 0.717) is 6.42 Å². The van der Waals surface area contributed by atoms with Gasteiger partial charge in [0.2, 0.25) is 5.91 Å². The Morgan fingerprint density at radius 3 is 2.05 bits per heavy atom. The van der Waals surface area contributed by atoms with Crippen LogP contribution in [0.1, 0.15) is 43.4 Å². The average Bonchev–Trinajstić information content (AvgIpc) is 3.23. The van der Waals surface area contributed by atoms with Crippen molar-refractivity contribution in [1.82, 2.24) is 10.2 Å². The first-order valence-electron chi connectivity index (χ1n) is 13.5. The lowest BCUT2D eigenvalue weighted by molar-refractivity contribution is -0.155. The summed E-state index contributed by atoms with van der Waals surface area (Å²) in [7, 11) is 0. The van der Waals surface area contributed by atoms with Crippen LogP contribution in [0.3, 0.4) is 0 Å². The van der Waals surface area contributed by atoms with Gasteiger partial charge in [0, 0.05) is 19.0 Å². The van der Waals surface area contributed by atoms with Crippen LogP contribution < -0.4 is 11.1 Å². The zero-order chi connectivity index (χ0) is 28.7. The van der Waals surface area contributed by atoms with Gasteiger partial charge in [0.25, 0.3) is 0 Å². The van der Waals surface area contributed by atoms with Gasteiger partial charge in [-0.05, 0) is 55.0 Å². The number of benzene rings is 3. The summed E-state index contributed by atoms with van der Waals surface area (Å²) < 4.78 is 11.2. The molecule has 0 saturated heterocycles. The molecular weight excluding hydrogens is 506 g/mol. The van der Waals surface area contributed by atoms with Gasteiger partial charge in [-0.3, -0.25) is 14.5 Å². The highest BCUT2D eigenvalue weighted by molar-refractivity contribution is 5.81. The third-order valence-corrected chi connectivity index (χ3v) is 6.73. The first-order chi connectivity index (χ1) is 19.1. The van der Waals surface area contributed by atoms with E-state index < -0.39 is 29.6 Å². The third kappa shape index (κ3) is 7.48. The van der Waals surface area contributed by atoms with Crippen LogP contribution in [-0.4, -0.2) is 60.8 Å².